The first-order valence-electron chi connectivity index (χ1n) is 11.3. The van der Waals surface area contributed by atoms with Crippen LogP contribution in [0.2, 0.25) is 0 Å². The quantitative estimate of drug-likeness (QED) is 0.290. The zero-order valence-electron chi connectivity index (χ0n) is 18.9. The van der Waals surface area contributed by atoms with Crippen molar-refractivity contribution in [2.45, 2.75) is 26.1 Å². The van der Waals surface area contributed by atoms with Gasteiger partial charge < -0.3 is 14.2 Å². The molecule has 0 saturated heterocycles. The maximum absolute atomic E-state index is 13.9. The lowest BCUT2D eigenvalue weighted by atomic mass is 9.89. The Balaban J connectivity index is 1.65. The average molecular weight is 451 g/mol. The smallest absolute Gasteiger partial charge is 0.200 e. The van der Waals surface area contributed by atoms with E-state index in [0.29, 0.717) is 11.6 Å². The Hall–Kier alpha value is -4.12. The van der Waals surface area contributed by atoms with Crippen molar-refractivity contribution in [3.8, 4) is 5.75 Å². The van der Waals surface area contributed by atoms with E-state index in [4.69, 9.17) is 9.26 Å². The summed E-state index contributed by atoms with van der Waals surface area (Å²) < 4.78 is 26.1. The highest BCUT2D eigenvalue weighted by Crippen LogP contribution is 2.50. The first-order chi connectivity index (χ1) is 16.6. The van der Waals surface area contributed by atoms with E-state index in [1.54, 1.807) is 0 Å². The van der Waals surface area contributed by atoms with Crippen molar-refractivity contribution in [1.29, 1.82) is 0 Å². The van der Waals surface area contributed by atoms with Crippen LogP contribution in [-0.2, 0) is 0 Å². The lowest BCUT2D eigenvalue weighted by Gasteiger charge is -2.44. The van der Waals surface area contributed by atoms with Gasteiger partial charge in [0, 0.05) is 17.2 Å². The number of nitrogens with zero attached hydrogens (tertiary/aromatic N) is 2. The summed E-state index contributed by atoms with van der Waals surface area (Å²) in [6, 6.07) is 29.0. The van der Waals surface area contributed by atoms with Crippen LogP contribution >= 0.6 is 0 Å². The van der Waals surface area contributed by atoms with Gasteiger partial charge in [0.2, 0.25) is 6.23 Å². The van der Waals surface area contributed by atoms with E-state index >= 15 is 0 Å². The Kier molecular flexibility index (Phi) is 4.84. The van der Waals surface area contributed by atoms with Crippen LogP contribution in [0.3, 0.4) is 0 Å². The van der Waals surface area contributed by atoms with Crippen LogP contribution in [0.5, 0.6) is 5.75 Å². The number of rotatable bonds is 3. The highest BCUT2D eigenvalue weighted by molar-refractivity contribution is 5.89. The van der Waals surface area contributed by atoms with E-state index in [9.17, 15) is 4.39 Å². The maximum atomic E-state index is 13.9. The Bertz CT molecular complexity index is 1470. The fraction of sp³-hybridized carbons (Fsp3) is 0.138. The molecule has 0 bridgehead atoms. The Morgan fingerprint density at radius 2 is 1.56 bits per heavy atom. The molecule has 34 heavy (non-hydrogen) atoms. The molecule has 2 heterocycles. The predicted molar refractivity (Wildman–Crippen MR) is 130 cm³/mol. The third-order valence-electron chi connectivity index (χ3n) is 6.40. The van der Waals surface area contributed by atoms with Crippen LogP contribution in [0.15, 0.2) is 95.5 Å². The van der Waals surface area contributed by atoms with Crippen LogP contribution in [-0.4, -0.2) is 5.16 Å². The van der Waals surface area contributed by atoms with Gasteiger partial charge in [-0.1, -0.05) is 77.5 Å². The lowest BCUT2D eigenvalue weighted by molar-refractivity contribution is 0.168. The minimum atomic E-state index is -0.450. The van der Waals surface area contributed by atoms with Gasteiger partial charge in [0.25, 0.3) is 0 Å². The van der Waals surface area contributed by atoms with Crippen molar-refractivity contribution >= 4 is 16.6 Å². The topological polar surface area (TPSA) is 38.5 Å². The molecule has 0 amide bonds. The Labute approximate surface area is 197 Å². The Morgan fingerprint density at radius 3 is 2.29 bits per heavy atom. The number of benzene rings is 4. The molecule has 0 aliphatic carbocycles. The summed E-state index contributed by atoms with van der Waals surface area (Å²) in [6.45, 7) is 3.94. The van der Waals surface area contributed by atoms with Gasteiger partial charge in [0.05, 0.1) is 6.04 Å². The van der Waals surface area contributed by atoms with Gasteiger partial charge in [-0.25, -0.2) is 4.39 Å². The first kappa shape index (κ1) is 20.5. The minimum Gasteiger partial charge on any atom is -0.466 e. The van der Waals surface area contributed by atoms with Gasteiger partial charge in [-0.3, -0.25) is 0 Å². The molecular weight excluding hydrogens is 427 g/mol. The summed E-state index contributed by atoms with van der Waals surface area (Å²) in [4.78, 5) is 2.13. The predicted octanol–water partition coefficient (Wildman–Crippen LogP) is 7.27. The van der Waals surface area contributed by atoms with Crippen LogP contribution in [0.1, 0.15) is 40.3 Å². The van der Waals surface area contributed by atoms with Crippen molar-refractivity contribution in [3.05, 3.63) is 125 Å². The van der Waals surface area contributed by atoms with Crippen LogP contribution < -0.4 is 9.64 Å². The van der Waals surface area contributed by atoms with Crippen molar-refractivity contribution in [3.63, 3.8) is 0 Å². The van der Waals surface area contributed by atoms with E-state index in [1.165, 1.54) is 17.7 Å². The molecule has 4 aromatic carbocycles. The molecule has 0 spiro atoms. The van der Waals surface area contributed by atoms with E-state index < -0.39 is 6.23 Å². The third-order valence-corrected chi connectivity index (χ3v) is 6.40. The summed E-state index contributed by atoms with van der Waals surface area (Å²) in [5.41, 5.74) is 4.14. The van der Waals surface area contributed by atoms with Crippen molar-refractivity contribution in [2.24, 2.45) is 0 Å². The second kappa shape index (κ2) is 8.03. The molecule has 0 saturated carbocycles. The zero-order valence-corrected chi connectivity index (χ0v) is 18.9. The van der Waals surface area contributed by atoms with Crippen molar-refractivity contribution in [1.82, 2.24) is 5.16 Å². The Morgan fingerprint density at radius 1 is 0.824 bits per heavy atom. The molecule has 0 N–H and O–H groups in total. The number of aromatic nitrogens is 1. The third kappa shape index (κ3) is 3.41. The van der Waals surface area contributed by atoms with Gasteiger partial charge >= 0.3 is 0 Å². The SMILES string of the molecule is Cc1ccc(C2Oc3ccc4ccccc4c3C(c3ccc(F)cc3)N2c2cc(C)on2)cc1. The standard InChI is InChI=1S/C29H23FN2O2/c1-18-7-9-22(10-8-18)29-32(26-17-19(2)34-31-26)28(21-11-14-23(30)15-12-21)27-24-6-4-3-5-20(24)13-16-25(27)33-29/h3-17,28-29H,1-2H3. The van der Waals surface area contributed by atoms with Gasteiger partial charge in [0.15, 0.2) is 5.82 Å². The molecule has 1 aliphatic rings. The van der Waals surface area contributed by atoms with Gasteiger partial charge in [-0.2, -0.15) is 0 Å². The summed E-state index contributed by atoms with van der Waals surface area (Å²) in [6.07, 6.45) is -0.450. The normalized spacial score (nSPS) is 17.4. The lowest BCUT2D eigenvalue weighted by Crippen LogP contribution is -2.40. The maximum Gasteiger partial charge on any atom is 0.200 e. The number of ether oxygens (including phenoxy) is 1. The second-order valence-corrected chi connectivity index (χ2v) is 8.74. The van der Waals surface area contributed by atoms with Crippen molar-refractivity contribution in [2.75, 3.05) is 4.90 Å². The largest absolute Gasteiger partial charge is 0.466 e. The van der Waals surface area contributed by atoms with Crippen LogP contribution in [0.4, 0.5) is 10.2 Å². The zero-order chi connectivity index (χ0) is 23.2. The molecule has 1 aromatic heterocycles. The number of halogens is 1. The fourth-order valence-electron chi connectivity index (χ4n) is 4.77. The fourth-order valence-corrected chi connectivity index (χ4v) is 4.77. The molecule has 168 valence electrons. The number of hydrogen-bond acceptors (Lipinski definition) is 4. The molecule has 2 unspecified atom stereocenters. The highest BCUT2D eigenvalue weighted by Gasteiger charge is 2.40. The number of hydrogen-bond donors (Lipinski definition) is 0. The van der Waals surface area contributed by atoms with E-state index in [2.05, 4.69) is 59.4 Å². The highest BCUT2D eigenvalue weighted by atomic mass is 19.1. The molecule has 5 aromatic rings. The summed E-state index contributed by atoms with van der Waals surface area (Å²) >= 11 is 0. The molecule has 6 rings (SSSR count). The molecular formula is C29H23FN2O2. The molecule has 1 aliphatic heterocycles. The molecule has 5 heteroatoms. The number of anilines is 1. The molecule has 2 atom stereocenters. The second-order valence-electron chi connectivity index (χ2n) is 8.74. The summed E-state index contributed by atoms with van der Waals surface area (Å²) in [5.74, 6) is 1.90. The summed E-state index contributed by atoms with van der Waals surface area (Å²) in [7, 11) is 0. The number of aryl methyl sites for hydroxylation is 2. The number of fused-ring (bicyclic) bond motifs is 3. The van der Waals surface area contributed by atoms with Gasteiger partial charge in [-0.15, -0.1) is 0 Å². The van der Waals surface area contributed by atoms with Gasteiger partial charge in [-0.05, 0) is 48.4 Å². The average Bonchev–Trinajstić information content (AvgIpc) is 3.29. The minimum absolute atomic E-state index is 0.270. The molecule has 0 fully saturated rings. The van der Waals surface area contributed by atoms with E-state index in [0.717, 1.165) is 33.2 Å². The summed E-state index contributed by atoms with van der Waals surface area (Å²) in [5, 5.41) is 6.57. The van der Waals surface area contributed by atoms with E-state index in [1.807, 2.05) is 43.3 Å². The van der Waals surface area contributed by atoms with Crippen LogP contribution in [0.25, 0.3) is 10.8 Å². The van der Waals surface area contributed by atoms with Gasteiger partial charge in [0.1, 0.15) is 17.3 Å². The van der Waals surface area contributed by atoms with Crippen molar-refractivity contribution < 1.29 is 13.7 Å². The molecule has 4 nitrogen and oxygen atoms in total. The monoisotopic (exact) mass is 450 g/mol. The molecule has 0 radical (unpaired) electrons. The van der Waals surface area contributed by atoms with Crippen LogP contribution in [0, 0.1) is 19.7 Å². The van der Waals surface area contributed by atoms with E-state index in [-0.39, 0.29) is 11.9 Å². The first-order valence-corrected chi connectivity index (χ1v) is 11.3.